The highest BCUT2D eigenvalue weighted by molar-refractivity contribution is 6.30. The highest BCUT2D eigenvalue weighted by Gasteiger charge is 2.24. The fourth-order valence-electron chi connectivity index (χ4n) is 5.19. The summed E-state index contributed by atoms with van der Waals surface area (Å²) >= 11 is 5.83. The first-order chi connectivity index (χ1) is 21.4. The standard InChI is InChI=1S/C29H29ClFN7O3.C3H8/c1-40-29(39)19-3-5-25-26(12-19)37(15-22-14-32-18-33-22)27(34-25)16-36-9-6-23(7-10-36)38-11-8-28(35-38)41-17-20-2-4-21(30)13-24(20)31;1-3-2/h2-5,8,11-14,18,23H,6-7,9-10,15-17H2,1H3,(H,32,33);3H2,1-2H3. The predicted octanol–water partition coefficient (Wildman–Crippen LogP) is 6.42. The number of hydrogen-bond donors (Lipinski definition) is 1. The Kier molecular flexibility index (Phi) is 10.3. The van der Waals surface area contributed by atoms with Crippen molar-refractivity contribution in [1.82, 2.24) is 34.2 Å². The Hall–Kier alpha value is -4.22. The number of H-pyrrole nitrogens is 1. The van der Waals surface area contributed by atoms with Gasteiger partial charge in [0.2, 0.25) is 5.88 Å². The topological polar surface area (TPSA) is 103 Å². The average Bonchev–Trinajstić information content (AvgIpc) is 3.79. The van der Waals surface area contributed by atoms with Gasteiger partial charge in [-0.05, 0) is 43.2 Å². The summed E-state index contributed by atoms with van der Waals surface area (Å²) in [6, 6.07) is 12.0. The Morgan fingerprint density at radius 2 is 1.91 bits per heavy atom. The van der Waals surface area contributed by atoms with Gasteiger partial charge in [-0.1, -0.05) is 37.9 Å². The number of hydrogen-bond acceptors (Lipinski definition) is 7. The number of methoxy groups -OCH3 is 1. The highest BCUT2D eigenvalue weighted by atomic mass is 35.5. The van der Waals surface area contributed by atoms with E-state index in [0.29, 0.717) is 35.1 Å². The number of carbonyl (C=O) groups excluding carboxylic acids is 1. The van der Waals surface area contributed by atoms with Crippen molar-refractivity contribution >= 4 is 28.6 Å². The number of fused-ring (bicyclic) bond motifs is 1. The first kappa shape index (κ1) is 31.2. The molecule has 12 heteroatoms. The van der Waals surface area contributed by atoms with Gasteiger partial charge in [-0.2, -0.15) is 0 Å². The Morgan fingerprint density at radius 3 is 2.61 bits per heavy atom. The van der Waals surface area contributed by atoms with Crippen LogP contribution in [0.3, 0.4) is 0 Å². The lowest BCUT2D eigenvalue weighted by atomic mass is 10.1. The first-order valence-corrected chi connectivity index (χ1v) is 15.1. The van der Waals surface area contributed by atoms with E-state index in [1.54, 1.807) is 36.8 Å². The molecule has 0 unspecified atom stereocenters. The zero-order chi connectivity index (χ0) is 31.1. The summed E-state index contributed by atoms with van der Waals surface area (Å²) in [5.41, 5.74) is 3.55. The molecule has 1 N–H and O–H groups in total. The normalized spacial score (nSPS) is 13.9. The zero-order valence-electron chi connectivity index (χ0n) is 25.2. The van der Waals surface area contributed by atoms with Crippen molar-refractivity contribution in [3.8, 4) is 5.88 Å². The van der Waals surface area contributed by atoms with Crippen LogP contribution in [0.25, 0.3) is 11.0 Å². The number of imidazole rings is 2. The van der Waals surface area contributed by atoms with Gasteiger partial charge in [-0.25, -0.2) is 19.2 Å². The minimum absolute atomic E-state index is 0.0825. The number of nitrogens with zero attached hydrogens (tertiary/aromatic N) is 6. The van der Waals surface area contributed by atoms with E-state index in [9.17, 15) is 9.18 Å². The summed E-state index contributed by atoms with van der Waals surface area (Å²) in [6.07, 6.45) is 8.44. The second-order valence-corrected chi connectivity index (χ2v) is 11.2. The molecule has 44 heavy (non-hydrogen) atoms. The van der Waals surface area contributed by atoms with Crippen LogP contribution in [0.15, 0.2) is 61.2 Å². The molecule has 4 heterocycles. The summed E-state index contributed by atoms with van der Waals surface area (Å²) in [6.45, 7) is 7.31. The minimum atomic E-state index is -0.397. The lowest BCUT2D eigenvalue weighted by Crippen LogP contribution is -2.35. The fourth-order valence-corrected chi connectivity index (χ4v) is 5.35. The molecule has 3 aromatic heterocycles. The lowest BCUT2D eigenvalue weighted by Gasteiger charge is -2.31. The van der Waals surface area contributed by atoms with Crippen molar-refractivity contribution in [3.63, 3.8) is 0 Å². The maximum atomic E-state index is 14.1. The number of benzene rings is 2. The van der Waals surface area contributed by atoms with E-state index in [1.807, 2.05) is 23.0 Å². The molecule has 1 fully saturated rings. The van der Waals surface area contributed by atoms with Gasteiger partial charge in [0.25, 0.3) is 0 Å². The molecule has 5 aromatic rings. The summed E-state index contributed by atoms with van der Waals surface area (Å²) < 4.78 is 28.8. The number of aromatic amines is 1. The van der Waals surface area contributed by atoms with E-state index in [-0.39, 0.29) is 18.6 Å². The maximum absolute atomic E-state index is 14.1. The predicted molar refractivity (Wildman–Crippen MR) is 166 cm³/mol. The van der Waals surface area contributed by atoms with Crippen LogP contribution in [0.4, 0.5) is 4.39 Å². The molecule has 1 aliphatic heterocycles. The number of rotatable bonds is 9. The number of ether oxygens (including phenoxy) is 2. The third-order valence-corrected chi connectivity index (χ3v) is 7.64. The largest absolute Gasteiger partial charge is 0.472 e. The van der Waals surface area contributed by atoms with Crippen molar-refractivity contribution in [1.29, 1.82) is 0 Å². The number of esters is 1. The van der Waals surface area contributed by atoms with E-state index in [4.69, 9.17) is 26.1 Å². The molecule has 232 valence electrons. The van der Waals surface area contributed by atoms with Crippen LogP contribution >= 0.6 is 11.6 Å². The molecule has 0 spiro atoms. The number of piperidine rings is 1. The van der Waals surface area contributed by atoms with E-state index in [0.717, 1.165) is 48.5 Å². The maximum Gasteiger partial charge on any atom is 0.337 e. The summed E-state index contributed by atoms with van der Waals surface area (Å²) in [4.78, 5) is 26.8. The van der Waals surface area contributed by atoms with Gasteiger partial charge in [0.15, 0.2) is 0 Å². The van der Waals surface area contributed by atoms with Crippen molar-refractivity contribution in [2.24, 2.45) is 0 Å². The van der Waals surface area contributed by atoms with Crippen LogP contribution in [0.2, 0.25) is 5.02 Å². The molecule has 2 aromatic carbocycles. The van der Waals surface area contributed by atoms with Gasteiger partial charge in [-0.15, -0.1) is 5.10 Å². The van der Waals surface area contributed by atoms with Gasteiger partial charge in [0, 0.05) is 42.1 Å². The SMILES string of the molecule is CCC.COC(=O)c1ccc2nc(CN3CCC(n4ccc(OCc5ccc(Cl)cc5F)n4)CC3)n(Cc3cnc[nH]3)c2c1. The average molecular weight is 622 g/mol. The Morgan fingerprint density at radius 1 is 1.11 bits per heavy atom. The second kappa shape index (κ2) is 14.5. The molecule has 0 aliphatic carbocycles. The third-order valence-electron chi connectivity index (χ3n) is 7.40. The van der Waals surface area contributed by atoms with Crippen molar-refractivity contribution in [2.45, 2.75) is 58.8 Å². The number of nitrogens with one attached hydrogen (secondary N) is 1. The Labute approximate surface area is 260 Å². The van der Waals surface area contributed by atoms with E-state index in [1.165, 1.54) is 19.6 Å². The van der Waals surface area contributed by atoms with Crippen LogP contribution in [0, 0.1) is 5.82 Å². The third kappa shape index (κ3) is 7.46. The van der Waals surface area contributed by atoms with Crippen molar-refractivity contribution < 1.29 is 18.7 Å². The van der Waals surface area contributed by atoms with Crippen LogP contribution in [-0.4, -0.2) is 60.4 Å². The monoisotopic (exact) mass is 621 g/mol. The highest BCUT2D eigenvalue weighted by Crippen LogP contribution is 2.27. The molecular weight excluding hydrogens is 585 g/mol. The van der Waals surface area contributed by atoms with Crippen LogP contribution < -0.4 is 4.74 Å². The van der Waals surface area contributed by atoms with E-state index < -0.39 is 5.82 Å². The number of aromatic nitrogens is 6. The fraction of sp³-hybridized carbons (Fsp3) is 0.375. The summed E-state index contributed by atoms with van der Waals surface area (Å²) in [7, 11) is 1.38. The summed E-state index contributed by atoms with van der Waals surface area (Å²) in [5.74, 6) is 0.598. The van der Waals surface area contributed by atoms with Gasteiger partial charge in [0.05, 0.1) is 54.9 Å². The van der Waals surface area contributed by atoms with Crippen LogP contribution in [0.5, 0.6) is 5.88 Å². The minimum Gasteiger partial charge on any atom is -0.472 e. The molecule has 0 saturated carbocycles. The number of carbonyl (C=O) groups is 1. The summed E-state index contributed by atoms with van der Waals surface area (Å²) in [5, 5.41) is 4.93. The molecule has 6 rings (SSSR count). The number of likely N-dealkylation sites (tertiary alicyclic amines) is 1. The lowest BCUT2D eigenvalue weighted by molar-refractivity contribution is 0.0601. The van der Waals surface area contributed by atoms with Gasteiger partial charge in [-0.3, -0.25) is 9.58 Å². The van der Waals surface area contributed by atoms with E-state index in [2.05, 4.69) is 38.4 Å². The molecule has 0 amide bonds. The number of halogens is 2. The quantitative estimate of drug-likeness (QED) is 0.190. The molecule has 0 bridgehead atoms. The van der Waals surface area contributed by atoms with Crippen molar-refractivity contribution in [2.75, 3.05) is 20.2 Å². The molecule has 0 atom stereocenters. The molecule has 10 nitrogen and oxygen atoms in total. The smallest absolute Gasteiger partial charge is 0.337 e. The van der Waals surface area contributed by atoms with Gasteiger partial charge in [0.1, 0.15) is 18.2 Å². The van der Waals surface area contributed by atoms with Crippen LogP contribution in [-0.2, 0) is 24.4 Å². The van der Waals surface area contributed by atoms with Gasteiger partial charge < -0.3 is 19.0 Å². The second-order valence-electron chi connectivity index (χ2n) is 10.8. The van der Waals surface area contributed by atoms with Crippen molar-refractivity contribution in [3.05, 3.63) is 94.7 Å². The first-order valence-electron chi connectivity index (χ1n) is 14.8. The van der Waals surface area contributed by atoms with E-state index >= 15 is 0 Å². The zero-order valence-corrected chi connectivity index (χ0v) is 25.9. The Balaban J connectivity index is 0.00000123. The molecule has 1 aliphatic rings. The molecule has 0 radical (unpaired) electrons. The van der Waals surface area contributed by atoms with Gasteiger partial charge >= 0.3 is 5.97 Å². The molecular formula is C32H37ClFN7O3. The van der Waals surface area contributed by atoms with Crippen LogP contribution in [0.1, 0.15) is 66.6 Å². The molecule has 1 saturated heterocycles. The Bertz CT molecular complexity index is 1680.